The van der Waals surface area contributed by atoms with Gasteiger partial charge >= 0.3 is 0 Å². The summed E-state index contributed by atoms with van der Waals surface area (Å²) in [5.74, 6) is 0.0963. The van der Waals surface area contributed by atoms with Gasteiger partial charge in [-0.25, -0.2) is 0 Å². The van der Waals surface area contributed by atoms with Crippen LogP contribution in [0.3, 0.4) is 0 Å². The summed E-state index contributed by atoms with van der Waals surface area (Å²) in [6.07, 6.45) is 0.344. The zero-order valence-corrected chi connectivity index (χ0v) is 6.95. The van der Waals surface area contributed by atoms with Crippen molar-refractivity contribution in [2.75, 3.05) is 0 Å². The third kappa shape index (κ3) is 1.38. The summed E-state index contributed by atoms with van der Waals surface area (Å²) < 4.78 is 5.05. The van der Waals surface area contributed by atoms with Gasteiger partial charge in [0.15, 0.2) is 5.58 Å². The summed E-state index contributed by atoms with van der Waals surface area (Å²) in [6.45, 7) is 0. The lowest BCUT2D eigenvalue weighted by Gasteiger charge is -1.91. The Hall–Kier alpha value is -1.84. The molecular formula is C9H9N3O. The molecule has 1 aromatic carbocycles. The van der Waals surface area contributed by atoms with Gasteiger partial charge in [0.1, 0.15) is 0 Å². The molecule has 0 fully saturated rings. The number of hydrogen-bond acceptors (Lipinski definition) is 3. The van der Waals surface area contributed by atoms with Crippen molar-refractivity contribution in [3.8, 4) is 0 Å². The van der Waals surface area contributed by atoms with Crippen LogP contribution < -0.4 is 5.73 Å². The third-order valence-electron chi connectivity index (χ3n) is 1.81. The molecule has 3 N–H and O–H groups in total. The molecule has 0 radical (unpaired) electrons. The number of nitrogens with one attached hydrogen (secondary N) is 1. The van der Waals surface area contributed by atoms with Gasteiger partial charge in [0.05, 0.1) is 18.0 Å². The van der Waals surface area contributed by atoms with Gasteiger partial charge in [0.25, 0.3) is 0 Å². The van der Waals surface area contributed by atoms with Gasteiger partial charge < -0.3 is 10.3 Å². The molecule has 0 aliphatic heterocycles. The van der Waals surface area contributed by atoms with E-state index in [2.05, 4.69) is 5.16 Å². The van der Waals surface area contributed by atoms with Crippen molar-refractivity contribution in [1.82, 2.24) is 5.16 Å². The molecule has 4 heteroatoms. The Bertz CT molecular complexity index is 447. The molecule has 1 heterocycles. The topological polar surface area (TPSA) is 75.9 Å². The summed E-state index contributed by atoms with van der Waals surface area (Å²) in [5, 5.41) is 11.9. The van der Waals surface area contributed by atoms with Gasteiger partial charge in [-0.1, -0.05) is 17.3 Å². The van der Waals surface area contributed by atoms with E-state index in [0.717, 1.165) is 16.7 Å². The van der Waals surface area contributed by atoms with E-state index in [1.165, 1.54) is 0 Å². The van der Waals surface area contributed by atoms with Gasteiger partial charge in [-0.3, -0.25) is 5.41 Å². The molecule has 1 aromatic heterocycles. The number of para-hydroxylation sites is 1. The van der Waals surface area contributed by atoms with Gasteiger partial charge in [0.2, 0.25) is 0 Å². The lowest BCUT2D eigenvalue weighted by atomic mass is 10.2. The van der Waals surface area contributed by atoms with Crippen LogP contribution in [0.15, 0.2) is 28.8 Å². The monoisotopic (exact) mass is 175 g/mol. The lowest BCUT2D eigenvalue weighted by molar-refractivity contribution is 0.449. The molecular weight excluding hydrogens is 166 g/mol. The minimum absolute atomic E-state index is 0.0963. The Morgan fingerprint density at radius 3 is 3.00 bits per heavy atom. The molecule has 13 heavy (non-hydrogen) atoms. The highest BCUT2D eigenvalue weighted by atomic mass is 16.5. The Kier molecular flexibility index (Phi) is 1.73. The number of aromatic nitrogens is 1. The fourth-order valence-electron chi connectivity index (χ4n) is 1.25. The van der Waals surface area contributed by atoms with E-state index in [-0.39, 0.29) is 5.84 Å². The van der Waals surface area contributed by atoms with E-state index in [4.69, 9.17) is 15.7 Å². The minimum atomic E-state index is 0.0963. The predicted molar refractivity (Wildman–Crippen MR) is 49.6 cm³/mol. The highest BCUT2D eigenvalue weighted by Crippen LogP contribution is 2.17. The first-order valence-electron chi connectivity index (χ1n) is 3.93. The smallest absolute Gasteiger partial charge is 0.167 e. The summed E-state index contributed by atoms with van der Waals surface area (Å²) in [5.41, 5.74) is 6.74. The van der Waals surface area contributed by atoms with Crippen LogP contribution >= 0.6 is 0 Å². The van der Waals surface area contributed by atoms with Gasteiger partial charge in [-0.15, -0.1) is 0 Å². The average Bonchev–Trinajstić information content (AvgIpc) is 2.48. The summed E-state index contributed by atoms with van der Waals surface area (Å²) in [6, 6.07) is 7.53. The second-order valence-electron chi connectivity index (χ2n) is 2.83. The highest BCUT2D eigenvalue weighted by molar-refractivity contribution is 5.86. The van der Waals surface area contributed by atoms with Crippen LogP contribution in [0.2, 0.25) is 0 Å². The molecule has 0 aliphatic carbocycles. The standard InChI is InChI=1S/C9H9N3O/c10-9(11)5-7-6-3-1-2-4-8(6)13-12-7/h1-4H,5H2,(H3,10,11). The number of fused-ring (bicyclic) bond motifs is 1. The SMILES string of the molecule is N=C(N)Cc1noc2ccccc12. The van der Waals surface area contributed by atoms with Gasteiger partial charge in [0, 0.05) is 5.39 Å². The largest absolute Gasteiger partial charge is 0.387 e. The van der Waals surface area contributed by atoms with Crippen LogP contribution in [0.25, 0.3) is 11.0 Å². The quantitative estimate of drug-likeness (QED) is 0.533. The van der Waals surface area contributed by atoms with Gasteiger partial charge in [-0.05, 0) is 12.1 Å². The fraction of sp³-hybridized carbons (Fsp3) is 0.111. The highest BCUT2D eigenvalue weighted by Gasteiger charge is 2.07. The van der Waals surface area contributed by atoms with Crippen molar-refractivity contribution in [2.45, 2.75) is 6.42 Å². The van der Waals surface area contributed by atoms with Crippen LogP contribution in [-0.2, 0) is 6.42 Å². The van der Waals surface area contributed by atoms with Crippen molar-refractivity contribution < 1.29 is 4.52 Å². The maximum atomic E-state index is 7.14. The maximum absolute atomic E-state index is 7.14. The summed E-state index contributed by atoms with van der Waals surface area (Å²) in [4.78, 5) is 0. The lowest BCUT2D eigenvalue weighted by Crippen LogP contribution is -2.12. The molecule has 0 atom stereocenters. The van der Waals surface area contributed by atoms with Crippen LogP contribution in [0, 0.1) is 5.41 Å². The van der Waals surface area contributed by atoms with Crippen molar-refractivity contribution in [3.63, 3.8) is 0 Å². The first kappa shape index (κ1) is 7.79. The molecule has 0 aliphatic rings. The predicted octanol–water partition coefficient (Wildman–Crippen LogP) is 1.31. The molecule has 2 rings (SSSR count). The zero-order chi connectivity index (χ0) is 9.26. The number of nitrogens with zero attached hydrogens (tertiary/aromatic N) is 1. The van der Waals surface area contributed by atoms with Gasteiger partial charge in [-0.2, -0.15) is 0 Å². The van der Waals surface area contributed by atoms with Crippen molar-refractivity contribution in [1.29, 1.82) is 5.41 Å². The molecule has 0 saturated carbocycles. The molecule has 0 unspecified atom stereocenters. The number of amidine groups is 1. The van der Waals surface area contributed by atoms with E-state index in [1.54, 1.807) is 0 Å². The van der Waals surface area contributed by atoms with Crippen LogP contribution in [-0.4, -0.2) is 11.0 Å². The molecule has 0 saturated heterocycles. The van der Waals surface area contributed by atoms with Crippen molar-refractivity contribution in [3.05, 3.63) is 30.0 Å². The normalized spacial score (nSPS) is 10.5. The van der Waals surface area contributed by atoms with Crippen LogP contribution in [0.1, 0.15) is 5.69 Å². The number of nitrogens with two attached hydrogens (primary N) is 1. The molecule has 2 aromatic rings. The van der Waals surface area contributed by atoms with E-state index < -0.39 is 0 Å². The third-order valence-corrected chi connectivity index (χ3v) is 1.81. The average molecular weight is 175 g/mol. The van der Waals surface area contributed by atoms with Crippen LogP contribution in [0.5, 0.6) is 0 Å². The number of benzene rings is 1. The Morgan fingerprint density at radius 2 is 2.23 bits per heavy atom. The first-order chi connectivity index (χ1) is 6.27. The molecule has 0 spiro atoms. The van der Waals surface area contributed by atoms with E-state index >= 15 is 0 Å². The molecule has 4 nitrogen and oxygen atoms in total. The van der Waals surface area contributed by atoms with E-state index in [0.29, 0.717) is 6.42 Å². The molecule has 66 valence electrons. The summed E-state index contributed by atoms with van der Waals surface area (Å²) >= 11 is 0. The van der Waals surface area contributed by atoms with Crippen molar-refractivity contribution >= 4 is 16.8 Å². The van der Waals surface area contributed by atoms with E-state index in [9.17, 15) is 0 Å². The molecule has 0 bridgehead atoms. The van der Waals surface area contributed by atoms with Crippen molar-refractivity contribution in [2.24, 2.45) is 5.73 Å². The zero-order valence-electron chi connectivity index (χ0n) is 6.95. The summed E-state index contributed by atoms with van der Waals surface area (Å²) in [7, 11) is 0. The Morgan fingerprint density at radius 1 is 1.46 bits per heavy atom. The van der Waals surface area contributed by atoms with Crippen LogP contribution in [0.4, 0.5) is 0 Å². The second-order valence-corrected chi connectivity index (χ2v) is 2.83. The second kappa shape index (κ2) is 2.90. The van der Waals surface area contributed by atoms with E-state index in [1.807, 2.05) is 24.3 Å². The number of rotatable bonds is 2. The first-order valence-corrected chi connectivity index (χ1v) is 3.93. The Labute approximate surface area is 74.8 Å². The molecule has 0 amide bonds. The Balaban J connectivity index is 2.51. The minimum Gasteiger partial charge on any atom is -0.387 e. The fourth-order valence-corrected chi connectivity index (χ4v) is 1.25. The maximum Gasteiger partial charge on any atom is 0.167 e. The number of hydrogen-bond donors (Lipinski definition) is 2.